The first-order valence-corrected chi connectivity index (χ1v) is 11.1. The average molecular weight is 508 g/mol. The molecule has 0 radical (unpaired) electrons. The van der Waals surface area contributed by atoms with E-state index in [0.29, 0.717) is 27.7 Å². The first-order chi connectivity index (χ1) is 16.9. The van der Waals surface area contributed by atoms with Crippen LogP contribution in [0.15, 0.2) is 77.2 Å². The standard InChI is InChI=1S/C25H15Cl2N3O5/c26-19-6-2-3-16-17(19)4-1-5-18(16)25-29-21-11-14(7-9-23(21)35-25)28-24(31)13-34-22-10-8-15(30(32)33)12-20(22)27/h1-12H,13H2,(H,28,31). The van der Waals surface area contributed by atoms with E-state index in [1.165, 1.54) is 12.1 Å². The van der Waals surface area contributed by atoms with E-state index < -0.39 is 10.8 Å². The molecule has 0 bridgehead atoms. The number of nitrogens with zero attached hydrogens (tertiary/aromatic N) is 2. The molecule has 0 atom stereocenters. The molecule has 10 heteroatoms. The number of ether oxygens (including phenoxy) is 1. The normalized spacial score (nSPS) is 11.0. The predicted molar refractivity (Wildman–Crippen MR) is 134 cm³/mol. The summed E-state index contributed by atoms with van der Waals surface area (Å²) < 4.78 is 11.3. The van der Waals surface area contributed by atoms with Crippen LogP contribution in [0.3, 0.4) is 0 Å². The maximum Gasteiger partial charge on any atom is 0.271 e. The van der Waals surface area contributed by atoms with Crippen LogP contribution in [-0.4, -0.2) is 22.4 Å². The van der Waals surface area contributed by atoms with Crippen LogP contribution in [0.4, 0.5) is 11.4 Å². The van der Waals surface area contributed by atoms with Crippen LogP contribution in [-0.2, 0) is 4.79 Å². The number of nitro benzene ring substituents is 1. The first-order valence-electron chi connectivity index (χ1n) is 10.3. The van der Waals surface area contributed by atoms with Gasteiger partial charge in [-0.2, -0.15) is 0 Å². The summed E-state index contributed by atoms with van der Waals surface area (Å²) in [5.41, 5.74) is 2.27. The van der Waals surface area contributed by atoms with Gasteiger partial charge in [0.05, 0.1) is 9.95 Å². The maximum atomic E-state index is 12.4. The number of fused-ring (bicyclic) bond motifs is 2. The number of amides is 1. The van der Waals surface area contributed by atoms with Crippen molar-refractivity contribution in [1.29, 1.82) is 0 Å². The number of carbonyl (C=O) groups excluding carboxylic acids is 1. The fourth-order valence-electron chi connectivity index (χ4n) is 3.64. The summed E-state index contributed by atoms with van der Waals surface area (Å²) in [5, 5.41) is 16.0. The molecular weight excluding hydrogens is 493 g/mol. The minimum Gasteiger partial charge on any atom is -0.482 e. The lowest BCUT2D eigenvalue weighted by atomic mass is 10.0. The molecule has 0 saturated carbocycles. The van der Waals surface area contributed by atoms with Crippen LogP contribution in [0.5, 0.6) is 5.75 Å². The molecule has 1 N–H and O–H groups in total. The number of aromatic nitrogens is 1. The third kappa shape index (κ3) is 4.62. The number of halogens is 2. The summed E-state index contributed by atoms with van der Waals surface area (Å²) in [7, 11) is 0. The molecule has 174 valence electrons. The minimum absolute atomic E-state index is 0.0401. The molecule has 1 aromatic heterocycles. The predicted octanol–water partition coefficient (Wildman–Crippen LogP) is 6.88. The highest BCUT2D eigenvalue weighted by molar-refractivity contribution is 6.35. The third-order valence-corrected chi connectivity index (χ3v) is 5.88. The Labute approximate surface area is 208 Å². The summed E-state index contributed by atoms with van der Waals surface area (Å²) in [6.07, 6.45) is 0. The highest BCUT2D eigenvalue weighted by Gasteiger charge is 2.15. The fraction of sp³-hybridized carbons (Fsp3) is 0.0400. The lowest BCUT2D eigenvalue weighted by molar-refractivity contribution is -0.384. The van der Waals surface area contributed by atoms with Crippen molar-refractivity contribution in [3.05, 3.63) is 93.0 Å². The molecule has 8 nitrogen and oxygen atoms in total. The van der Waals surface area contributed by atoms with Crippen molar-refractivity contribution in [2.75, 3.05) is 11.9 Å². The summed E-state index contributed by atoms with van der Waals surface area (Å²) in [4.78, 5) is 27.2. The van der Waals surface area contributed by atoms with Gasteiger partial charge in [0, 0.05) is 33.8 Å². The van der Waals surface area contributed by atoms with Crippen molar-refractivity contribution in [2.45, 2.75) is 0 Å². The van der Waals surface area contributed by atoms with E-state index in [9.17, 15) is 14.9 Å². The van der Waals surface area contributed by atoms with Gasteiger partial charge < -0.3 is 14.5 Å². The topological polar surface area (TPSA) is 108 Å². The summed E-state index contributed by atoms with van der Waals surface area (Å²) in [6, 6.07) is 20.2. The van der Waals surface area contributed by atoms with E-state index in [4.69, 9.17) is 32.4 Å². The molecule has 5 aromatic rings. The Bertz CT molecular complexity index is 1620. The molecule has 0 aliphatic heterocycles. The molecular formula is C25H15Cl2N3O5. The van der Waals surface area contributed by atoms with E-state index in [1.807, 2.05) is 36.4 Å². The van der Waals surface area contributed by atoms with Crippen LogP contribution in [0, 0.1) is 10.1 Å². The van der Waals surface area contributed by atoms with Gasteiger partial charge in [0.25, 0.3) is 11.6 Å². The van der Waals surface area contributed by atoms with Crippen molar-refractivity contribution in [3.63, 3.8) is 0 Å². The Hall–Kier alpha value is -4.14. The summed E-state index contributed by atoms with van der Waals surface area (Å²) in [6.45, 7) is -0.337. The van der Waals surface area contributed by atoms with E-state index in [0.717, 1.165) is 22.4 Å². The van der Waals surface area contributed by atoms with Gasteiger partial charge in [-0.15, -0.1) is 0 Å². The number of carbonyl (C=O) groups is 1. The number of anilines is 1. The van der Waals surface area contributed by atoms with Crippen LogP contribution in [0.2, 0.25) is 10.0 Å². The molecule has 0 unspecified atom stereocenters. The van der Waals surface area contributed by atoms with Crippen molar-refractivity contribution in [3.8, 4) is 17.2 Å². The highest BCUT2D eigenvalue weighted by Crippen LogP contribution is 2.34. The van der Waals surface area contributed by atoms with Gasteiger partial charge in [-0.1, -0.05) is 47.5 Å². The Morgan fingerprint density at radius 2 is 1.80 bits per heavy atom. The van der Waals surface area contributed by atoms with E-state index in [2.05, 4.69) is 10.3 Å². The van der Waals surface area contributed by atoms with Gasteiger partial charge in [0.15, 0.2) is 12.2 Å². The van der Waals surface area contributed by atoms with Gasteiger partial charge in [0.2, 0.25) is 5.89 Å². The zero-order valence-corrected chi connectivity index (χ0v) is 19.3. The second-order valence-corrected chi connectivity index (χ2v) is 8.37. The molecule has 0 spiro atoms. The van der Waals surface area contributed by atoms with Crippen molar-refractivity contribution in [2.24, 2.45) is 0 Å². The summed E-state index contributed by atoms with van der Waals surface area (Å²) >= 11 is 12.3. The van der Waals surface area contributed by atoms with Crippen molar-refractivity contribution < 1.29 is 18.9 Å². The molecule has 0 aliphatic rings. The number of non-ortho nitro benzene ring substituents is 1. The number of oxazole rings is 1. The second-order valence-electron chi connectivity index (χ2n) is 7.55. The van der Waals surface area contributed by atoms with Crippen LogP contribution in [0.1, 0.15) is 0 Å². The Morgan fingerprint density at radius 1 is 1.00 bits per heavy atom. The summed E-state index contributed by atoms with van der Waals surface area (Å²) in [5.74, 6) is 0.165. The molecule has 35 heavy (non-hydrogen) atoms. The quantitative estimate of drug-likeness (QED) is 0.198. The number of hydrogen-bond acceptors (Lipinski definition) is 6. The number of nitrogens with one attached hydrogen (secondary N) is 1. The number of rotatable bonds is 6. The third-order valence-electron chi connectivity index (χ3n) is 5.26. The smallest absolute Gasteiger partial charge is 0.271 e. The Balaban J connectivity index is 1.32. The highest BCUT2D eigenvalue weighted by atomic mass is 35.5. The van der Waals surface area contributed by atoms with Crippen LogP contribution < -0.4 is 10.1 Å². The van der Waals surface area contributed by atoms with Gasteiger partial charge in [-0.3, -0.25) is 14.9 Å². The van der Waals surface area contributed by atoms with Crippen molar-refractivity contribution >= 4 is 62.4 Å². The lowest BCUT2D eigenvalue weighted by Crippen LogP contribution is -2.20. The van der Waals surface area contributed by atoms with E-state index >= 15 is 0 Å². The number of benzene rings is 4. The van der Waals surface area contributed by atoms with Gasteiger partial charge in [-0.05, 0) is 41.8 Å². The van der Waals surface area contributed by atoms with E-state index in [1.54, 1.807) is 18.2 Å². The average Bonchev–Trinajstić information content (AvgIpc) is 3.26. The fourth-order valence-corrected chi connectivity index (χ4v) is 4.11. The zero-order chi connectivity index (χ0) is 24.5. The molecule has 0 aliphatic carbocycles. The van der Waals surface area contributed by atoms with Crippen LogP contribution in [0.25, 0.3) is 33.3 Å². The number of hydrogen-bond donors (Lipinski definition) is 1. The second kappa shape index (κ2) is 9.25. The lowest BCUT2D eigenvalue weighted by Gasteiger charge is -2.08. The molecule has 1 heterocycles. The Morgan fingerprint density at radius 3 is 2.60 bits per heavy atom. The first kappa shape index (κ1) is 22.6. The molecule has 0 saturated heterocycles. The largest absolute Gasteiger partial charge is 0.482 e. The number of nitro groups is 1. The minimum atomic E-state index is -0.566. The molecule has 4 aromatic carbocycles. The monoisotopic (exact) mass is 507 g/mol. The molecule has 0 fully saturated rings. The Kier molecular flexibility index (Phi) is 5.98. The van der Waals surface area contributed by atoms with Gasteiger partial charge >= 0.3 is 0 Å². The SMILES string of the molecule is O=C(COc1ccc([N+](=O)[O-])cc1Cl)Nc1ccc2oc(-c3cccc4c(Cl)cccc34)nc2c1. The van der Waals surface area contributed by atoms with E-state index in [-0.39, 0.29) is 23.1 Å². The van der Waals surface area contributed by atoms with Gasteiger partial charge in [0.1, 0.15) is 11.3 Å². The van der Waals surface area contributed by atoms with Crippen molar-refractivity contribution in [1.82, 2.24) is 4.98 Å². The zero-order valence-electron chi connectivity index (χ0n) is 17.8. The van der Waals surface area contributed by atoms with Crippen LogP contribution >= 0.6 is 23.2 Å². The van der Waals surface area contributed by atoms with Gasteiger partial charge in [-0.25, -0.2) is 4.98 Å². The molecule has 1 amide bonds. The maximum absolute atomic E-state index is 12.4. The molecule has 5 rings (SSSR count).